The number of aryl methyl sites for hydroxylation is 1. The molecule has 118 valence electrons. The Balaban J connectivity index is 2.32. The zero-order valence-electron chi connectivity index (χ0n) is 12.5. The fraction of sp³-hybridized carbons (Fsp3) is 0.500. The number of sulfonamides is 1. The van der Waals surface area contributed by atoms with Gasteiger partial charge in [0.05, 0.1) is 11.8 Å². The van der Waals surface area contributed by atoms with E-state index in [-0.39, 0.29) is 18.2 Å². The van der Waals surface area contributed by atoms with Crippen molar-refractivity contribution in [1.29, 1.82) is 0 Å². The third kappa shape index (κ3) is 6.24. The van der Waals surface area contributed by atoms with Crippen molar-refractivity contribution in [1.82, 2.24) is 9.62 Å². The van der Waals surface area contributed by atoms with Crippen LogP contribution in [0.4, 0.5) is 0 Å². The summed E-state index contributed by atoms with van der Waals surface area (Å²) >= 11 is 0. The Morgan fingerprint density at radius 1 is 1.29 bits per heavy atom. The van der Waals surface area contributed by atoms with Gasteiger partial charge in [-0.15, -0.1) is 0 Å². The van der Waals surface area contributed by atoms with Gasteiger partial charge in [-0.05, 0) is 18.4 Å². The second-order valence-corrected chi connectivity index (χ2v) is 7.32. The zero-order chi connectivity index (χ0) is 15.9. The lowest BCUT2D eigenvalue weighted by atomic mass is 10.1. The summed E-state index contributed by atoms with van der Waals surface area (Å²) in [5, 5.41) is 2.56. The van der Waals surface area contributed by atoms with Crippen LogP contribution >= 0.6 is 0 Å². The van der Waals surface area contributed by atoms with E-state index in [0.29, 0.717) is 12.8 Å². The summed E-state index contributed by atoms with van der Waals surface area (Å²) in [4.78, 5) is 11.8. The van der Waals surface area contributed by atoms with Gasteiger partial charge >= 0.3 is 0 Å². The topological polar surface area (TPSA) is 92.5 Å². The molecule has 0 saturated heterocycles. The van der Waals surface area contributed by atoms with Crippen LogP contribution < -0.4 is 11.1 Å². The average Bonchev–Trinajstić information content (AvgIpc) is 2.45. The number of rotatable bonds is 8. The molecule has 0 fully saturated rings. The molecule has 1 atom stereocenters. The SMILES string of the molecule is CN(C)S(=O)(=O)CCNC(=O)C(N)CCc1ccccc1. The van der Waals surface area contributed by atoms with Crippen LogP contribution in [0.3, 0.4) is 0 Å². The summed E-state index contributed by atoms with van der Waals surface area (Å²) in [6, 6.07) is 9.14. The van der Waals surface area contributed by atoms with Gasteiger partial charge in [-0.25, -0.2) is 12.7 Å². The molecule has 3 N–H and O–H groups in total. The molecule has 0 bridgehead atoms. The Morgan fingerprint density at radius 3 is 2.48 bits per heavy atom. The van der Waals surface area contributed by atoms with Crippen molar-refractivity contribution in [2.24, 2.45) is 5.73 Å². The lowest BCUT2D eigenvalue weighted by Gasteiger charge is -2.14. The quantitative estimate of drug-likeness (QED) is 0.704. The van der Waals surface area contributed by atoms with Crippen molar-refractivity contribution in [2.75, 3.05) is 26.4 Å². The highest BCUT2D eigenvalue weighted by atomic mass is 32.2. The minimum Gasteiger partial charge on any atom is -0.354 e. The summed E-state index contributed by atoms with van der Waals surface area (Å²) < 4.78 is 24.2. The highest BCUT2D eigenvalue weighted by Gasteiger charge is 2.16. The molecular formula is C14H23N3O3S. The molecule has 1 amide bonds. The lowest BCUT2D eigenvalue weighted by Crippen LogP contribution is -2.43. The van der Waals surface area contributed by atoms with Crippen molar-refractivity contribution in [3.05, 3.63) is 35.9 Å². The number of carbonyl (C=O) groups is 1. The van der Waals surface area contributed by atoms with Crippen LogP contribution in [0.25, 0.3) is 0 Å². The van der Waals surface area contributed by atoms with Crippen molar-refractivity contribution in [3.63, 3.8) is 0 Å². The lowest BCUT2D eigenvalue weighted by molar-refractivity contribution is -0.122. The number of benzene rings is 1. The number of amides is 1. The second kappa shape index (κ2) is 8.11. The Labute approximate surface area is 126 Å². The molecule has 1 rings (SSSR count). The molecule has 0 aliphatic heterocycles. The van der Waals surface area contributed by atoms with Crippen LogP contribution in [0.15, 0.2) is 30.3 Å². The summed E-state index contributed by atoms with van der Waals surface area (Å²) in [6.07, 6.45) is 1.24. The van der Waals surface area contributed by atoms with Gasteiger partial charge in [-0.1, -0.05) is 30.3 Å². The maximum absolute atomic E-state index is 11.8. The van der Waals surface area contributed by atoms with Crippen molar-refractivity contribution >= 4 is 15.9 Å². The molecule has 0 spiro atoms. The molecule has 0 aromatic heterocycles. The van der Waals surface area contributed by atoms with Gasteiger partial charge in [0.2, 0.25) is 15.9 Å². The molecule has 0 aliphatic rings. The first kappa shape index (κ1) is 17.6. The van der Waals surface area contributed by atoms with E-state index in [4.69, 9.17) is 5.73 Å². The van der Waals surface area contributed by atoms with Gasteiger partial charge in [-0.2, -0.15) is 0 Å². The summed E-state index contributed by atoms with van der Waals surface area (Å²) in [7, 11) is -0.375. The van der Waals surface area contributed by atoms with Crippen LogP contribution in [0.2, 0.25) is 0 Å². The monoisotopic (exact) mass is 313 g/mol. The molecule has 0 radical (unpaired) electrons. The molecule has 0 aliphatic carbocycles. The fourth-order valence-electron chi connectivity index (χ4n) is 1.71. The van der Waals surface area contributed by atoms with E-state index in [2.05, 4.69) is 5.32 Å². The highest BCUT2D eigenvalue weighted by molar-refractivity contribution is 7.89. The molecule has 6 nitrogen and oxygen atoms in total. The highest BCUT2D eigenvalue weighted by Crippen LogP contribution is 2.04. The zero-order valence-corrected chi connectivity index (χ0v) is 13.3. The third-order valence-corrected chi connectivity index (χ3v) is 4.97. The molecule has 1 aromatic carbocycles. The Kier molecular flexibility index (Phi) is 6.80. The molecule has 21 heavy (non-hydrogen) atoms. The first-order chi connectivity index (χ1) is 9.83. The first-order valence-corrected chi connectivity index (χ1v) is 8.41. The van der Waals surface area contributed by atoms with Gasteiger partial charge in [0.15, 0.2) is 0 Å². The van der Waals surface area contributed by atoms with Gasteiger partial charge in [0.1, 0.15) is 0 Å². The summed E-state index contributed by atoms with van der Waals surface area (Å²) in [5.41, 5.74) is 6.92. The van der Waals surface area contributed by atoms with Gasteiger partial charge < -0.3 is 11.1 Å². The predicted molar refractivity (Wildman–Crippen MR) is 83.2 cm³/mol. The maximum Gasteiger partial charge on any atom is 0.236 e. The molecule has 0 saturated carbocycles. The summed E-state index contributed by atoms with van der Waals surface area (Å²) in [6.45, 7) is 0.0678. The minimum absolute atomic E-state index is 0.0678. The van der Waals surface area contributed by atoms with Gasteiger partial charge in [0, 0.05) is 20.6 Å². The predicted octanol–water partition coefficient (Wildman–Crippen LogP) is -0.0459. The Bertz CT molecular complexity index is 544. The van der Waals surface area contributed by atoms with Crippen LogP contribution in [0, 0.1) is 0 Å². The van der Waals surface area contributed by atoms with Crippen molar-refractivity contribution in [3.8, 4) is 0 Å². The van der Waals surface area contributed by atoms with Crippen molar-refractivity contribution < 1.29 is 13.2 Å². The van der Waals surface area contributed by atoms with Crippen LogP contribution in [0.1, 0.15) is 12.0 Å². The number of hydrogen-bond donors (Lipinski definition) is 2. The van der Waals surface area contributed by atoms with Crippen molar-refractivity contribution in [2.45, 2.75) is 18.9 Å². The smallest absolute Gasteiger partial charge is 0.236 e. The average molecular weight is 313 g/mol. The number of hydrogen-bond acceptors (Lipinski definition) is 4. The first-order valence-electron chi connectivity index (χ1n) is 6.80. The molecule has 0 heterocycles. The maximum atomic E-state index is 11.8. The number of nitrogens with two attached hydrogens (primary N) is 1. The third-order valence-electron chi connectivity index (χ3n) is 3.14. The fourth-order valence-corrected chi connectivity index (χ4v) is 2.44. The Hall–Kier alpha value is -1.44. The van der Waals surface area contributed by atoms with Gasteiger partial charge in [0.25, 0.3) is 0 Å². The molecule has 1 aromatic rings. The largest absolute Gasteiger partial charge is 0.354 e. The molecule has 1 unspecified atom stereocenters. The van der Waals surface area contributed by atoms with E-state index in [1.54, 1.807) is 0 Å². The molecule has 7 heteroatoms. The van der Waals surface area contributed by atoms with E-state index < -0.39 is 16.1 Å². The molecular weight excluding hydrogens is 290 g/mol. The second-order valence-electron chi connectivity index (χ2n) is 5.02. The van der Waals surface area contributed by atoms with E-state index >= 15 is 0 Å². The van der Waals surface area contributed by atoms with E-state index in [1.165, 1.54) is 14.1 Å². The van der Waals surface area contributed by atoms with Crippen LogP contribution in [-0.4, -0.2) is 51.1 Å². The van der Waals surface area contributed by atoms with E-state index in [9.17, 15) is 13.2 Å². The normalized spacial score (nSPS) is 13.1. The number of carbonyl (C=O) groups excluding carboxylic acids is 1. The van der Waals surface area contributed by atoms with Crippen LogP contribution in [-0.2, 0) is 21.2 Å². The van der Waals surface area contributed by atoms with E-state index in [1.807, 2.05) is 30.3 Å². The number of nitrogens with one attached hydrogen (secondary N) is 1. The van der Waals surface area contributed by atoms with Gasteiger partial charge in [-0.3, -0.25) is 4.79 Å². The minimum atomic E-state index is -3.30. The summed E-state index contributed by atoms with van der Waals surface area (Å²) in [5.74, 6) is -0.447. The standard InChI is InChI=1S/C14H23N3O3S/c1-17(2)21(19,20)11-10-16-14(18)13(15)9-8-12-6-4-3-5-7-12/h3-7,13H,8-11,15H2,1-2H3,(H,16,18). The Morgan fingerprint density at radius 2 is 1.90 bits per heavy atom. The number of nitrogens with zero attached hydrogens (tertiary/aromatic N) is 1. The van der Waals surface area contributed by atoms with E-state index in [0.717, 1.165) is 9.87 Å². The van der Waals surface area contributed by atoms with Crippen LogP contribution in [0.5, 0.6) is 0 Å².